The summed E-state index contributed by atoms with van der Waals surface area (Å²) in [4.78, 5) is 0. The summed E-state index contributed by atoms with van der Waals surface area (Å²) in [5.74, 6) is 0.792. The highest BCUT2D eigenvalue weighted by atomic mass is 79.9. The Morgan fingerprint density at radius 2 is 1.88 bits per heavy atom. The van der Waals surface area contributed by atoms with Gasteiger partial charge in [-0.1, -0.05) is 64.6 Å². The van der Waals surface area contributed by atoms with E-state index >= 15 is 0 Å². The highest BCUT2D eigenvalue weighted by molar-refractivity contribution is 9.11. The maximum atomic E-state index is 3.64. The zero-order chi connectivity index (χ0) is 12.8. The molecule has 0 bridgehead atoms. The van der Waals surface area contributed by atoms with Gasteiger partial charge < -0.3 is 5.32 Å². The molecule has 0 saturated carbocycles. The fourth-order valence-electron chi connectivity index (χ4n) is 1.97. The van der Waals surface area contributed by atoms with Crippen LogP contribution in [0.15, 0.2) is 27.1 Å². The zero-order valence-corrected chi connectivity index (χ0v) is 13.9. The van der Waals surface area contributed by atoms with Gasteiger partial charge in [-0.3, -0.25) is 0 Å². The Morgan fingerprint density at radius 1 is 1.18 bits per heavy atom. The van der Waals surface area contributed by atoms with Gasteiger partial charge in [0.15, 0.2) is 0 Å². The predicted molar refractivity (Wildman–Crippen MR) is 82.3 cm³/mol. The van der Waals surface area contributed by atoms with Crippen molar-refractivity contribution in [3.63, 3.8) is 0 Å². The molecule has 1 nitrogen and oxygen atoms in total. The number of hydrogen-bond acceptors (Lipinski definition) is 1. The lowest BCUT2D eigenvalue weighted by Gasteiger charge is -2.19. The lowest BCUT2D eigenvalue weighted by molar-refractivity contribution is 0.469. The zero-order valence-electron chi connectivity index (χ0n) is 10.8. The van der Waals surface area contributed by atoms with Crippen molar-refractivity contribution in [3.05, 3.63) is 32.7 Å². The quantitative estimate of drug-likeness (QED) is 0.724. The van der Waals surface area contributed by atoms with Gasteiger partial charge >= 0.3 is 0 Å². The minimum Gasteiger partial charge on any atom is -0.313 e. The van der Waals surface area contributed by atoms with Gasteiger partial charge in [0.2, 0.25) is 0 Å². The van der Waals surface area contributed by atoms with E-state index in [-0.39, 0.29) is 0 Å². The van der Waals surface area contributed by atoms with E-state index in [2.05, 4.69) is 69.2 Å². The van der Waals surface area contributed by atoms with Gasteiger partial charge in [0.05, 0.1) is 0 Å². The van der Waals surface area contributed by atoms with E-state index in [4.69, 9.17) is 0 Å². The molecule has 0 saturated heterocycles. The molecule has 1 aromatic carbocycles. The summed E-state index contributed by atoms with van der Waals surface area (Å²) < 4.78 is 2.29. The fourth-order valence-corrected chi connectivity index (χ4v) is 3.29. The lowest BCUT2D eigenvalue weighted by atomic mass is 9.98. The van der Waals surface area contributed by atoms with Crippen molar-refractivity contribution < 1.29 is 0 Å². The number of benzene rings is 1. The average Bonchev–Trinajstić information content (AvgIpc) is 2.25. The van der Waals surface area contributed by atoms with Crippen LogP contribution >= 0.6 is 31.9 Å². The third kappa shape index (κ3) is 5.11. The van der Waals surface area contributed by atoms with Gasteiger partial charge in [0.25, 0.3) is 0 Å². The van der Waals surface area contributed by atoms with E-state index < -0.39 is 0 Å². The molecule has 1 N–H and O–H groups in total. The van der Waals surface area contributed by atoms with Crippen LogP contribution in [0, 0.1) is 5.92 Å². The van der Waals surface area contributed by atoms with Crippen LogP contribution < -0.4 is 5.32 Å². The first-order valence-corrected chi connectivity index (χ1v) is 7.75. The van der Waals surface area contributed by atoms with E-state index in [0.717, 1.165) is 10.4 Å². The molecule has 0 spiro atoms. The first-order valence-electron chi connectivity index (χ1n) is 6.16. The Kier molecular flexibility index (Phi) is 6.75. The standard InChI is InChI=1S/C14H21Br2N/c1-10(2)5-4-6-14(17-3)12-8-7-11(15)9-13(12)16/h7-10,14,17H,4-6H2,1-3H3. The molecule has 1 rings (SSSR count). The minimum absolute atomic E-state index is 0.441. The predicted octanol–water partition coefficient (Wildman–Crippen LogP) is 5.30. The van der Waals surface area contributed by atoms with Gasteiger partial charge in [0, 0.05) is 15.0 Å². The normalized spacial score (nSPS) is 13.1. The lowest BCUT2D eigenvalue weighted by Crippen LogP contribution is -2.17. The Labute approximate surface area is 122 Å². The van der Waals surface area contributed by atoms with Crippen LogP contribution in [-0.4, -0.2) is 7.05 Å². The molecule has 17 heavy (non-hydrogen) atoms. The third-order valence-corrected chi connectivity index (χ3v) is 4.14. The highest BCUT2D eigenvalue weighted by Gasteiger charge is 2.12. The summed E-state index contributed by atoms with van der Waals surface area (Å²) in [5, 5.41) is 3.41. The monoisotopic (exact) mass is 361 g/mol. The summed E-state index contributed by atoms with van der Waals surface area (Å²) >= 11 is 7.13. The van der Waals surface area contributed by atoms with Crippen molar-refractivity contribution in [3.8, 4) is 0 Å². The van der Waals surface area contributed by atoms with Gasteiger partial charge in [-0.05, 0) is 37.1 Å². The topological polar surface area (TPSA) is 12.0 Å². The van der Waals surface area contributed by atoms with Gasteiger partial charge in [-0.25, -0.2) is 0 Å². The van der Waals surface area contributed by atoms with Crippen LogP contribution in [0.4, 0.5) is 0 Å². The van der Waals surface area contributed by atoms with Crippen molar-refractivity contribution in [2.45, 2.75) is 39.2 Å². The van der Waals surface area contributed by atoms with E-state index in [9.17, 15) is 0 Å². The molecule has 0 aromatic heterocycles. The second-order valence-corrected chi connectivity index (χ2v) is 6.60. The molecule has 3 heteroatoms. The SMILES string of the molecule is CNC(CCCC(C)C)c1ccc(Br)cc1Br. The first kappa shape index (κ1) is 15.2. The molecular formula is C14H21Br2N. The van der Waals surface area contributed by atoms with E-state index in [1.54, 1.807) is 0 Å². The van der Waals surface area contributed by atoms with E-state index in [1.165, 1.54) is 29.3 Å². The Balaban J connectivity index is 2.66. The molecule has 1 aromatic rings. The average molecular weight is 363 g/mol. The summed E-state index contributed by atoms with van der Waals surface area (Å²) in [6, 6.07) is 6.84. The van der Waals surface area contributed by atoms with Gasteiger partial charge in [0.1, 0.15) is 0 Å². The minimum atomic E-state index is 0.441. The van der Waals surface area contributed by atoms with Crippen LogP contribution in [0.25, 0.3) is 0 Å². The summed E-state index contributed by atoms with van der Waals surface area (Å²) in [6.07, 6.45) is 3.76. The van der Waals surface area contributed by atoms with Crippen LogP contribution in [0.2, 0.25) is 0 Å². The van der Waals surface area contributed by atoms with Gasteiger partial charge in [-0.2, -0.15) is 0 Å². The summed E-state index contributed by atoms with van der Waals surface area (Å²) in [7, 11) is 2.04. The van der Waals surface area contributed by atoms with Crippen molar-refractivity contribution in [2.24, 2.45) is 5.92 Å². The van der Waals surface area contributed by atoms with Crippen molar-refractivity contribution in [2.75, 3.05) is 7.05 Å². The number of halogens is 2. The Morgan fingerprint density at radius 3 is 2.41 bits per heavy atom. The van der Waals surface area contributed by atoms with Crippen molar-refractivity contribution >= 4 is 31.9 Å². The molecule has 1 unspecified atom stereocenters. The molecule has 96 valence electrons. The first-order chi connectivity index (χ1) is 8.04. The van der Waals surface area contributed by atoms with E-state index in [0.29, 0.717) is 6.04 Å². The number of rotatable bonds is 6. The van der Waals surface area contributed by atoms with Crippen LogP contribution in [0.1, 0.15) is 44.7 Å². The fraction of sp³-hybridized carbons (Fsp3) is 0.571. The highest BCUT2D eigenvalue weighted by Crippen LogP contribution is 2.29. The Hall–Kier alpha value is 0.140. The van der Waals surface area contributed by atoms with Crippen molar-refractivity contribution in [1.29, 1.82) is 0 Å². The summed E-state index contributed by atoms with van der Waals surface area (Å²) in [5.41, 5.74) is 1.35. The van der Waals surface area contributed by atoms with Gasteiger partial charge in [-0.15, -0.1) is 0 Å². The molecule has 1 atom stereocenters. The molecular weight excluding hydrogens is 342 g/mol. The molecule has 0 radical (unpaired) electrons. The molecule has 0 aliphatic rings. The maximum Gasteiger partial charge on any atom is 0.0328 e. The molecule has 0 fully saturated rings. The van der Waals surface area contributed by atoms with Crippen LogP contribution in [-0.2, 0) is 0 Å². The van der Waals surface area contributed by atoms with Crippen molar-refractivity contribution in [1.82, 2.24) is 5.32 Å². The third-order valence-electron chi connectivity index (χ3n) is 2.96. The molecule has 0 aliphatic heterocycles. The van der Waals surface area contributed by atoms with Crippen LogP contribution in [0.5, 0.6) is 0 Å². The van der Waals surface area contributed by atoms with Crippen LogP contribution in [0.3, 0.4) is 0 Å². The maximum absolute atomic E-state index is 3.64. The number of hydrogen-bond donors (Lipinski definition) is 1. The second-order valence-electron chi connectivity index (χ2n) is 4.83. The molecule has 0 heterocycles. The van der Waals surface area contributed by atoms with E-state index in [1.807, 2.05) is 7.05 Å². The Bertz CT molecular complexity index is 350. The smallest absolute Gasteiger partial charge is 0.0328 e. The molecule has 0 aliphatic carbocycles. The number of nitrogens with one attached hydrogen (secondary N) is 1. The largest absolute Gasteiger partial charge is 0.313 e. The summed E-state index contributed by atoms with van der Waals surface area (Å²) in [6.45, 7) is 4.56. The second kappa shape index (κ2) is 7.55. The molecule has 0 amide bonds.